The second kappa shape index (κ2) is 5.48. The highest BCUT2D eigenvalue weighted by Crippen LogP contribution is 2.01. The summed E-state index contributed by atoms with van der Waals surface area (Å²) in [6, 6.07) is 3.57. The first-order valence-electron chi connectivity index (χ1n) is 5.19. The quantitative estimate of drug-likeness (QED) is 0.763. The van der Waals surface area contributed by atoms with Crippen LogP contribution in [0.5, 0.6) is 0 Å². The molecule has 16 heavy (non-hydrogen) atoms. The number of amides is 1. The molecule has 0 spiro atoms. The second-order valence-corrected chi connectivity index (χ2v) is 3.42. The van der Waals surface area contributed by atoms with Crippen molar-refractivity contribution in [1.29, 1.82) is 0 Å². The van der Waals surface area contributed by atoms with Gasteiger partial charge in [0.05, 0.1) is 19.5 Å². The van der Waals surface area contributed by atoms with Gasteiger partial charge in [0.1, 0.15) is 5.76 Å². The second-order valence-electron chi connectivity index (χ2n) is 3.42. The number of nitrogens with one attached hydrogen (secondary N) is 1. The Kier molecular flexibility index (Phi) is 3.74. The van der Waals surface area contributed by atoms with Gasteiger partial charge in [-0.15, -0.1) is 0 Å². The Balaban J connectivity index is 1.79. The molecule has 1 aromatic heterocycles. The standard InChI is InChI=1S/C11H14N2O3/c14-11(4-3-10-2-1-7-16-10)12-13-5-8-15-9-6-13/h1-4,7H,5-6,8-9H2,(H,12,14)/b4-3+. The minimum Gasteiger partial charge on any atom is -0.465 e. The Morgan fingerprint density at radius 1 is 1.44 bits per heavy atom. The van der Waals surface area contributed by atoms with E-state index in [1.165, 1.54) is 6.08 Å². The SMILES string of the molecule is O=C(/C=C/c1ccco1)NN1CCOCC1. The summed E-state index contributed by atoms with van der Waals surface area (Å²) in [5, 5.41) is 1.85. The van der Waals surface area contributed by atoms with Crippen LogP contribution in [0.2, 0.25) is 0 Å². The first kappa shape index (κ1) is 10.9. The smallest absolute Gasteiger partial charge is 0.258 e. The van der Waals surface area contributed by atoms with E-state index in [0.29, 0.717) is 19.0 Å². The van der Waals surface area contributed by atoms with E-state index >= 15 is 0 Å². The molecule has 2 heterocycles. The largest absolute Gasteiger partial charge is 0.465 e. The zero-order valence-corrected chi connectivity index (χ0v) is 8.89. The molecule has 1 fully saturated rings. The van der Waals surface area contributed by atoms with Crippen molar-refractivity contribution in [3.05, 3.63) is 30.2 Å². The maximum Gasteiger partial charge on any atom is 0.258 e. The summed E-state index contributed by atoms with van der Waals surface area (Å²) in [6.45, 7) is 2.75. The van der Waals surface area contributed by atoms with Crippen LogP contribution < -0.4 is 5.43 Å². The number of hydrogen-bond acceptors (Lipinski definition) is 4. The maximum atomic E-state index is 11.5. The van der Waals surface area contributed by atoms with E-state index in [9.17, 15) is 4.79 Å². The first-order valence-corrected chi connectivity index (χ1v) is 5.19. The molecular formula is C11H14N2O3. The molecule has 1 aliphatic rings. The van der Waals surface area contributed by atoms with Crippen LogP contribution in [-0.4, -0.2) is 37.2 Å². The molecule has 0 unspecified atom stereocenters. The first-order chi connectivity index (χ1) is 7.84. The molecule has 1 N–H and O–H groups in total. The summed E-state index contributed by atoms with van der Waals surface area (Å²) in [4.78, 5) is 11.5. The monoisotopic (exact) mass is 222 g/mol. The van der Waals surface area contributed by atoms with Crippen molar-refractivity contribution >= 4 is 12.0 Å². The van der Waals surface area contributed by atoms with Crippen LogP contribution in [0.25, 0.3) is 6.08 Å². The van der Waals surface area contributed by atoms with Crippen molar-refractivity contribution in [2.24, 2.45) is 0 Å². The Morgan fingerprint density at radius 2 is 2.25 bits per heavy atom. The summed E-state index contributed by atoms with van der Waals surface area (Å²) in [5.74, 6) is 0.510. The summed E-state index contributed by atoms with van der Waals surface area (Å²) >= 11 is 0. The summed E-state index contributed by atoms with van der Waals surface area (Å²) < 4.78 is 10.2. The van der Waals surface area contributed by atoms with Gasteiger partial charge in [0, 0.05) is 19.2 Å². The van der Waals surface area contributed by atoms with E-state index in [4.69, 9.17) is 9.15 Å². The Hall–Kier alpha value is -1.59. The average Bonchev–Trinajstić information content (AvgIpc) is 2.81. The van der Waals surface area contributed by atoms with E-state index in [0.717, 1.165) is 13.1 Å². The van der Waals surface area contributed by atoms with Gasteiger partial charge in [-0.1, -0.05) is 0 Å². The molecule has 0 aromatic carbocycles. The third-order valence-electron chi connectivity index (χ3n) is 2.22. The third kappa shape index (κ3) is 3.22. The van der Waals surface area contributed by atoms with Crippen LogP contribution in [0.1, 0.15) is 5.76 Å². The minimum atomic E-state index is -0.154. The van der Waals surface area contributed by atoms with Gasteiger partial charge in [0.2, 0.25) is 0 Å². The van der Waals surface area contributed by atoms with Gasteiger partial charge in [0.25, 0.3) is 5.91 Å². The number of carbonyl (C=O) groups excluding carboxylic acids is 1. The zero-order chi connectivity index (χ0) is 11.2. The van der Waals surface area contributed by atoms with Gasteiger partial charge in [0.15, 0.2) is 0 Å². The van der Waals surface area contributed by atoms with Crippen LogP contribution in [0.4, 0.5) is 0 Å². The van der Waals surface area contributed by atoms with Crippen molar-refractivity contribution < 1.29 is 13.9 Å². The fourth-order valence-electron chi connectivity index (χ4n) is 1.41. The van der Waals surface area contributed by atoms with Gasteiger partial charge >= 0.3 is 0 Å². The number of morpholine rings is 1. The highest BCUT2D eigenvalue weighted by atomic mass is 16.5. The lowest BCUT2D eigenvalue weighted by Gasteiger charge is -2.26. The molecule has 86 valence electrons. The molecule has 0 aliphatic carbocycles. The summed E-state index contributed by atoms with van der Waals surface area (Å²) in [5.41, 5.74) is 2.77. The van der Waals surface area contributed by atoms with E-state index in [1.54, 1.807) is 24.5 Å². The van der Waals surface area contributed by atoms with Gasteiger partial charge in [-0.3, -0.25) is 10.2 Å². The lowest BCUT2D eigenvalue weighted by atomic mass is 10.4. The molecule has 5 heteroatoms. The average molecular weight is 222 g/mol. The summed E-state index contributed by atoms with van der Waals surface area (Å²) in [6.07, 6.45) is 4.66. The van der Waals surface area contributed by atoms with Crippen molar-refractivity contribution in [2.75, 3.05) is 26.3 Å². The number of nitrogens with zero attached hydrogens (tertiary/aromatic N) is 1. The normalized spacial score (nSPS) is 17.8. The molecule has 1 amide bonds. The highest BCUT2D eigenvalue weighted by Gasteiger charge is 2.11. The van der Waals surface area contributed by atoms with Crippen LogP contribution in [0.3, 0.4) is 0 Å². The van der Waals surface area contributed by atoms with Gasteiger partial charge in [-0.05, 0) is 18.2 Å². The molecule has 5 nitrogen and oxygen atoms in total. The number of ether oxygens (including phenoxy) is 1. The molecule has 2 rings (SSSR count). The topological polar surface area (TPSA) is 54.7 Å². The fraction of sp³-hybridized carbons (Fsp3) is 0.364. The van der Waals surface area contributed by atoms with Crippen molar-refractivity contribution in [3.8, 4) is 0 Å². The lowest BCUT2D eigenvalue weighted by molar-refractivity contribution is -0.123. The van der Waals surface area contributed by atoms with Crippen LogP contribution in [0.15, 0.2) is 28.9 Å². The summed E-state index contributed by atoms with van der Waals surface area (Å²) in [7, 11) is 0. The minimum absolute atomic E-state index is 0.154. The molecule has 0 atom stereocenters. The van der Waals surface area contributed by atoms with Crippen molar-refractivity contribution in [3.63, 3.8) is 0 Å². The fourth-order valence-corrected chi connectivity index (χ4v) is 1.41. The zero-order valence-electron chi connectivity index (χ0n) is 8.89. The third-order valence-corrected chi connectivity index (χ3v) is 2.22. The highest BCUT2D eigenvalue weighted by molar-refractivity contribution is 5.90. The number of hydrazine groups is 1. The van der Waals surface area contributed by atoms with Crippen LogP contribution in [-0.2, 0) is 9.53 Å². The Morgan fingerprint density at radius 3 is 2.94 bits per heavy atom. The van der Waals surface area contributed by atoms with Gasteiger partial charge in [-0.25, -0.2) is 5.01 Å². The molecule has 0 radical (unpaired) electrons. The molecule has 0 bridgehead atoms. The lowest BCUT2D eigenvalue weighted by Crippen LogP contribution is -2.47. The maximum absolute atomic E-state index is 11.5. The predicted molar refractivity (Wildman–Crippen MR) is 58.3 cm³/mol. The molecule has 0 saturated carbocycles. The Labute approximate surface area is 93.6 Å². The van der Waals surface area contributed by atoms with Gasteiger partial charge < -0.3 is 9.15 Å². The van der Waals surface area contributed by atoms with E-state index < -0.39 is 0 Å². The number of carbonyl (C=O) groups is 1. The van der Waals surface area contributed by atoms with Crippen LogP contribution in [0, 0.1) is 0 Å². The van der Waals surface area contributed by atoms with E-state index in [2.05, 4.69) is 5.43 Å². The van der Waals surface area contributed by atoms with Crippen molar-refractivity contribution in [2.45, 2.75) is 0 Å². The van der Waals surface area contributed by atoms with Crippen molar-refractivity contribution in [1.82, 2.24) is 10.4 Å². The molecular weight excluding hydrogens is 208 g/mol. The van der Waals surface area contributed by atoms with Crippen LogP contribution >= 0.6 is 0 Å². The van der Waals surface area contributed by atoms with E-state index in [1.807, 2.05) is 5.01 Å². The number of hydrogen-bond donors (Lipinski definition) is 1. The number of rotatable bonds is 3. The number of furan rings is 1. The van der Waals surface area contributed by atoms with E-state index in [-0.39, 0.29) is 5.91 Å². The van der Waals surface area contributed by atoms with Gasteiger partial charge in [-0.2, -0.15) is 0 Å². The Bertz CT molecular complexity index is 353. The predicted octanol–water partition coefficient (Wildman–Crippen LogP) is 0.656. The molecule has 1 aromatic rings. The molecule has 1 saturated heterocycles. The molecule has 1 aliphatic heterocycles.